The second-order valence-corrected chi connectivity index (χ2v) is 8.60. The van der Waals surface area contributed by atoms with E-state index < -0.39 is 23.2 Å². The molecule has 0 spiro atoms. The molecule has 1 heterocycles. The highest BCUT2D eigenvalue weighted by atomic mass is 16.4. The van der Waals surface area contributed by atoms with Gasteiger partial charge >= 0.3 is 11.7 Å². The number of H-pyrrole nitrogens is 1. The lowest BCUT2D eigenvalue weighted by molar-refractivity contribution is -0.146. The van der Waals surface area contributed by atoms with Crippen molar-refractivity contribution in [2.45, 2.75) is 45.6 Å². The van der Waals surface area contributed by atoms with Crippen molar-refractivity contribution < 1.29 is 19.8 Å². The zero-order valence-corrected chi connectivity index (χ0v) is 19.7. The molecule has 0 bridgehead atoms. The number of carbonyl (C=O) groups excluding carboxylic acids is 1. The molecule has 3 aromatic rings. The number of benzene rings is 2. The Labute approximate surface area is 202 Å². The van der Waals surface area contributed by atoms with Crippen LogP contribution < -0.4 is 11.2 Å². The molecule has 0 saturated heterocycles. The van der Waals surface area contributed by atoms with Gasteiger partial charge in [0.15, 0.2) is 0 Å². The minimum atomic E-state index is -1.65. The van der Waals surface area contributed by atoms with Crippen molar-refractivity contribution in [2.75, 3.05) is 0 Å². The molecule has 1 aromatic heterocycles. The predicted octanol–water partition coefficient (Wildman–Crippen LogP) is 3.44. The van der Waals surface area contributed by atoms with Gasteiger partial charge in [-0.25, -0.2) is 9.59 Å². The number of aliphatic carboxylic acids is 1. The summed E-state index contributed by atoms with van der Waals surface area (Å²) in [5.41, 5.74) is 2.77. The first-order valence-corrected chi connectivity index (χ1v) is 11.3. The number of aliphatic hydroxyl groups excluding tert-OH is 1. The van der Waals surface area contributed by atoms with Gasteiger partial charge in [0, 0.05) is 35.9 Å². The highest BCUT2D eigenvalue weighted by Crippen LogP contribution is 2.17. The van der Waals surface area contributed by atoms with Crippen LogP contribution >= 0.6 is 0 Å². The summed E-state index contributed by atoms with van der Waals surface area (Å²) in [6, 6.07) is 16.3. The number of nitrogens with one attached hydrogen (secondary N) is 1. The first-order chi connectivity index (χ1) is 16.7. The summed E-state index contributed by atoms with van der Waals surface area (Å²) in [5.74, 6) is -3.34. The Hall–Kier alpha value is -4.20. The second kappa shape index (κ2) is 11.3. The number of aromatic nitrogens is 2. The molecule has 0 atom stereocenters. The van der Waals surface area contributed by atoms with Crippen molar-refractivity contribution in [2.24, 2.45) is 0 Å². The highest BCUT2D eigenvalue weighted by Gasteiger charge is 2.17. The molecule has 0 aliphatic carbocycles. The molecule has 35 heavy (non-hydrogen) atoms. The smallest absolute Gasteiger partial charge is 0.376 e. The van der Waals surface area contributed by atoms with Crippen LogP contribution in [0.1, 0.15) is 54.1 Å². The van der Waals surface area contributed by atoms with Crippen LogP contribution in [0, 0.1) is 0 Å². The number of rotatable bonds is 10. The lowest BCUT2D eigenvalue weighted by Gasteiger charge is -2.15. The minimum absolute atomic E-state index is 0.0504. The maximum absolute atomic E-state index is 13.2. The molecule has 2 aromatic carbocycles. The molecule has 8 heteroatoms. The quantitative estimate of drug-likeness (QED) is 0.234. The van der Waals surface area contributed by atoms with Gasteiger partial charge in [-0.05, 0) is 29.9 Å². The van der Waals surface area contributed by atoms with Crippen molar-refractivity contribution in [3.8, 4) is 0 Å². The number of carbonyl (C=O) groups is 2. The van der Waals surface area contributed by atoms with Gasteiger partial charge in [0.1, 0.15) is 5.76 Å². The van der Waals surface area contributed by atoms with Crippen LogP contribution in [0.3, 0.4) is 0 Å². The lowest BCUT2D eigenvalue weighted by atomic mass is 9.98. The Kier molecular flexibility index (Phi) is 8.20. The van der Waals surface area contributed by atoms with E-state index in [1.54, 1.807) is 24.3 Å². The number of carboxylic acid groups (broad SMARTS) is 1. The van der Waals surface area contributed by atoms with E-state index in [2.05, 4.69) is 4.98 Å². The van der Waals surface area contributed by atoms with Gasteiger partial charge in [0.25, 0.3) is 11.3 Å². The molecule has 0 aliphatic rings. The molecular weight excluding hydrogens is 448 g/mol. The fourth-order valence-corrected chi connectivity index (χ4v) is 3.92. The Bertz CT molecular complexity index is 1350. The average Bonchev–Trinajstić information content (AvgIpc) is 2.81. The van der Waals surface area contributed by atoms with E-state index >= 15 is 0 Å². The third-order valence-corrected chi connectivity index (χ3v) is 5.68. The van der Waals surface area contributed by atoms with E-state index in [0.29, 0.717) is 42.2 Å². The summed E-state index contributed by atoms with van der Waals surface area (Å²) >= 11 is 0. The standard InChI is InChI=1S/C27H28N2O6/c1-17(2)24-21(15-19-7-4-3-5-8-19)28-27(35)29(25(24)32)14-6-9-18-10-12-20(13-11-18)22(30)16-23(31)26(33)34/h3-5,7-8,10-13,16-17,30H,6,9,14-15H2,1-2H3,(H,28,35)(H,33,34)/b22-16-. The summed E-state index contributed by atoms with van der Waals surface area (Å²) < 4.78 is 1.24. The van der Waals surface area contributed by atoms with E-state index in [4.69, 9.17) is 5.11 Å². The second-order valence-electron chi connectivity index (χ2n) is 8.60. The van der Waals surface area contributed by atoms with E-state index in [-0.39, 0.29) is 18.0 Å². The Balaban J connectivity index is 1.73. The van der Waals surface area contributed by atoms with E-state index in [0.717, 1.165) is 11.1 Å². The van der Waals surface area contributed by atoms with Crippen LogP contribution in [0.2, 0.25) is 0 Å². The van der Waals surface area contributed by atoms with Gasteiger partial charge in [0.2, 0.25) is 0 Å². The number of nitrogens with zero attached hydrogens (tertiary/aromatic N) is 1. The van der Waals surface area contributed by atoms with Crippen molar-refractivity contribution in [3.63, 3.8) is 0 Å². The number of ketones is 1. The Morgan fingerprint density at radius 3 is 2.23 bits per heavy atom. The molecule has 182 valence electrons. The van der Waals surface area contributed by atoms with Crippen LogP contribution in [0.25, 0.3) is 5.76 Å². The number of hydrogen-bond acceptors (Lipinski definition) is 5. The van der Waals surface area contributed by atoms with Gasteiger partial charge in [0.05, 0.1) is 0 Å². The number of aromatic amines is 1. The summed E-state index contributed by atoms with van der Waals surface area (Å²) in [5, 5.41) is 18.5. The molecule has 0 aliphatic heterocycles. The van der Waals surface area contributed by atoms with Crippen molar-refractivity contribution >= 4 is 17.5 Å². The first-order valence-electron chi connectivity index (χ1n) is 11.3. The van der Waals surface area contributed by atoms with Crippen molar-refractivity contribution in [3.05, 3.63) is 109 Å². The van der Waals surface area contributed by atoms with Gasteiger partial charge in [-0.1, -0.05) is 68.4 Å². The maximum atomic E-state index is 13.2. The largest absolute Gasteiger partial charge is 0.507 e. The van der Waals surface area contributed by atoms with E-state index in [1.165, 1.54) is 4.57 Å². The lowest BCUT2D eigenvalue weighted by Crippen LogP contribution is -2.39. The topological polar surface area (TPSA) is 129 Å². The van der Waals surface area contributed by atoms with Gasteiger partial charge in [-0.2, -0.15) is 0 Å². The molecule has 0 radical (unpaired) electrons. The average molecular weight is 477 g/mol. The zero-order valence-electron chi connectivity index (χ0n) is 19.7. The van der Waals surface area contributed by atoms with Crippen LogP contribution in [-0.4, -0.2) is 31.5 Å². The predicted molar refractivity (Wildman–Crippen MR) is 133 cm³/mol. The Morgan fingerprint density at radius 1 is 0.971 bits per heavy atom. The fraction of sp³-hybridized carbons (Fsp3) is 0.259. The SMILES string of the molecule is CC(C)c1c(Cc2ccccc2)[nH]c(=O)n(CCCc2ccc(/C(O)=C/C(=O)C(=O)O)cc2)c1=O. The van der Waals surface area contributed by atoms with Crippen LogP contribution in [-0.2, 0) is 29.0 Å². The molecular formula is C27H28N2O6. The zero-order chi connectivity index (χ0) is 25.5. The molecule has 0 amide bonds. The van der Waals surface area contributed by atoms with Crippen LogP contribution in [0.5, 0.6) is 0 Å². The summed E-state index contributed by atoms with van der Waals surface area (Å²) in [6.45, 7) is 4.12. The van der Waals surface area contributed by atoms with Gasteiger partial charge in [-0.3, -0.25) is 14.2 Å². The number of carboxylic acids is 1. The highest BCUT2D eigenvalue weighted by molar-refractivity contribution is 6.38. The van der Waals surface area contributed by atoms with E-state index in [9.17, 15) is 24.3 Å². The van der Waals surface area contributed by atoms with Crippen molar-refractivity contribution in [1.82, 2.24) is 9.55 Å². The monoisotopic (exact) mass is 476 g/mol. The number of aliphatic hydroxyl groups is 1. The number of hydrogen-bond donors (Lipinski definition) is 3. The minimum Gasteiger partial charge on any atom is -0.507 e. The summed E-state index contributed by atoms with van der Waals surface area (Å²) in [4.78, 5) is 50.6. The normalized spacial score (nSPS) is 11.6. The molecule has 3 rings (SSSR count). The third-order valence-electron chi connectivity index (χ3n) is 5.68. The van der Waals surface area contributed by atoms with Crippen molar-refractivity contribution in [1.29, 1.82) is 0 Å². The molecule has 0 fully saturated rings. The van der Waals surface area contributed by atoms with Gasteiger partial charge in [-0.15, -0.1) is 0 Å². The van der Waals surface area contributed by atoms with Gasteiger partial charge < -0.3 is 15.2 Å². The summed E-state index contributed by atoms with van der Waals surface area (Å²) in [7, 11) is 0. The Morgan fingerprint density at radius 2 is 1.63 bits per heavy atom. The van der Waals surface area contributed by atoms with E-state index in [1.807, 2.05) is 44.2 Å². The fourth-order valence-electron chi connectivity index (χ4n) is 3.92. The molecule has 0 unspecified atom stereocenters. The van der Waals surface area contributed by atoms with Crippen LogP contribution in [0.4, 0.5) is 0 Å². The molecule has 0 saturated carbocycles. The summed E-state index contributed by atoms with van der Waals surface area (Å²) in [6.07, 6.45) is 2.25. The molecule has 3 N–H and O–H groups in total. The molecule has 8 nitrogen and oxygen atoms in total. The number of aryl methyl sites for hydroxylation is 1. The maximum Gasteiger partial charge on any atom is 0.376 e. The van der Waals surface area contributed by atoms with Crippen LogP contribution in [0.15, 0.2) is 70.3 Å². The third kappa shape index (κ3) is 6.44. The first kappa shape index (κ1) is 25.4.